The zero-order valence-electron chi connectivity index (χ0n) is 29.6. The summed E-state index contributed by atoms with van der Waals surface area (Å²) in [5.74, 6) is 0.854. The van der Waals surface area contributed by atoms with Gasteiger partial charge in [0.2, 0.25) is 10.0 Å². The average molecular weight is 743 g/mol. The highest BCUT2D eigenvalue weighted by Gasteiger charge is 2.54. The van der Waals surface area contributed by atoms with Crippen molar-refractivity contribution in [2.45, 2.75) is 76.9 Å². The minimum Gasteiger partial charge on any atom is -0.497 e. The fourth-order valence-electron chi connectivity index (χ4n) is 5.92. The number of aliphatic hydroxyl groups excluding tert-OH is 1. The van der Waals surface area contributed by atoms with Crippen LogP contribution in [0.4, 0.5) is 4.79 Å². The summed E-state index contributed by atoms with van der Waals surface area (Å²) in [6.07, 6.45) is -2.64. The van der Waals surface area contributed by atoms with E-state index in [-0.39, 0.29) is 56.5 Å². The molecule has 4 rings (SSSR count). The molecule has 280 valence electrons. The van der Waals surface area contributed by atoms with Gasteiger partial charge in [0.05, 0.1) is 56.0 Å². The van der Waals surface area contributed by atoms with Crippen LogP contribution in [0.1, 0.15) is 46.6 Å². The summed E-state index contributed by atoms with van der Waals surface area (Å²) in [5, 5.41) is 14.5. The Morgan fingerprint density at radius 1 is 1.04 bits per heavy atom. The number of carbonyl (C=O) groups is 1. The molecule has 0 bridgehead atoms. The number of rotatable bonds is 19. The lowest BCUT2D eigenvalue weighted by atomic mass is 9.84. The maximum Gasteiger partial charge on any atom is 0.407 e. The molecule has 2 aromatic rings. The minimum absolute atomic E-state index is 0.0479. The number of methoxy groups -OCH3 is 1. The Morgan fingerprint density at radius 3 is 2.28 bits per heavy atom. The number of benzene rings is 2. The number of carbonyl (C=O) groups excluding carboxylic acids is 1. The zero-order chi connectivity index (χ0) is 36.5. The van der Waals surface area contributed by atoms with Crippen LogP contribution in [-0.4, -0.2) is 101 Å². The molecule has 2 aliphatic rings. The van der Waals surface area contributed by atoms with Crippen molar-refractivity contribution in [2.75, 3.05) is 53.0 Å². The standard InChI is InChI=1S/C34H51N2O12PS/c1-7-46-49(39,47-8-2)23-45-27-11-9-25(10-12-27)19-29(35-33(38)48-31-22-44-32-34(31,5)17-18-43-32)30(37)21-36(20-24(3)4)50(40,41)28-15-13-26(42-6)14-16-28/h9-16,24,29-32,37H,7-8,17-23H2,1-6H3,(H,35,38). The molecule has 2 aromatic carbocycles. The second kappa shape index (κ2) is 17.6. The monoisotopic (exact) mass is 742 g/mol. The van der Waals surface area contributed by atoms with Gasteiger partial charge in [0.15, 0.2) is 12.6 Å². The third kappa shape index (κ3) is 10.2. The summed E-state index contributed by atoms with van der Waals surface area (Å²) in [5.41, 5.74) is 0.198. The van der Waals surface area contributed by atoms with Crippen molar-refractivity contribution in [1.82, 2.24) is 9.62 Å². The second-order valence-electron chi connectivity index (χ2n) is 13.0. The first kappa shape index (κ1) is 40.0. The second-order valence-corrected chi connectivity index (χ2v) is 16.9. The van der Waals surface area contributed by atoms with E-state index in [9.17, 15) is 22.9 Å². The molecule has 2 N–H and O–H groups in total. The molecule has 0 spiro atoms. The molecule has 50 heavy (non-hydrogen) atoms. The number of nitrogens with zero attached hydrogens (tertiary/aromatic N) is 1. The van der Waals surface area contributed by atoms with Gasteiger partial charge >= 0.3 is 13.7 Å². The molecule has 0 aliphatic carbocycles. The Labute approximate surface area is 295 Å². The van der Waals surface area contributed by atoms with Gasteiger partial charge in [0.25, 0.3) is 0 Å². The molecule has 0 aromatic heterocycles. The molecule has 2 fully saturated rings. The van der Waals surface area contributed by atoms with E-state index in [1.165, 1.54) is 23.5 Å². The highest BCUT2D eigenvalue weighted by atomic mass is 32.2. The van der Waals surface area contributed by atoms with Crippen molar-refractivity contribution in [2.24, 2.45) is 11.3 Å². The Kier molecular flexibility index (Phi) is 14.1. The van der Waals surface area contributed by atoms with Crippen molar-refractivity contribution in [3.8, 4) is 11.5 Å². The van der Waals surface area contributed by atoms with E-state index in [4.69, 9.17) is 32.7 Å². The molecule has 2 saturated heterocycles. The van der Waals surface area contributed by atoms with Gasteiger partial charge < -0.3 is 43.2 Å². The van der Waals surface area contributed by atoms with Gasteiger partial charge in [0, 0.05) is 13.1 Å². The van der Waals surface area contributed by atoms with E-state index in [1.807, 2.05) is 20.8 Å². The Balaban J connectivity index is 1.53. The first-order chi connectivity index (χ1) is 23.7. The van der Waals surface area contributed by atoms with Gasteiger partial charge in [0.1, 0.15) is 17.6 Å². The first-order valence-electron chi connectivity index (χ1n) is 16.9. The van der Waals surface area contributed by atoms with Crippen molar-refractivity contribution >= 4 is 23.7 Å². The van der Waals surface area contributed by atoms with Crippen molar-refractivity contribution in [1.29, 1.82) is 0 Å². The third-order valence-electron chi connectivity index (χ3n) is 8.68. The lowest BCUT2D eigenvalue weighted by Gasteiger charge is -2.32. The van der Waals surface area contributed by atoms with Gasteiger partial charge in [-0.05, 0) is 74.6 Å². The number of amides is 1. The fourth-order valence-corrected chi connectivity index (χ4v) is 8.86. The van der Waals surface area contributed by atoms with Gasteiger partial charge in [-0.15, -0.1) is 0 Å². The number of hydrogen-bond acceptors (Lipinski definition) is 12. The number of hydrogen-bond donors (Lipinski definition) is 2. The van der Waals surface area contributed by atoms with Crippen LogP contribution < -0.4 is 14.8 Å². The van der Waals surface area contributed by atoms with Crippen LogP contribution in [0.25, 0.3) is 0 Å². The van der Waals surface area contributed by atoms with Gasteiger partial charge in [-0.1, -0.05) is 32.9 Å². The zero-order valence-corrected chi connectivity index (χ0v) is 31.3. The minimum atomic E-state index is -4.04. The largest absolute Gasteiger partial charge is 0.497 e. The summed E-state index contributed by atoms with van der Waals surface area (Å²) in [6.45, 7) is 10.0. The molecular formula is C34H51N2O12PS. The Bertz CT molecular complexity index is 1530. The van der Waals surface area contributed by atoms with Crippen molar-refractivity contribution < 1.29 is 55.6 Å². The van der Waals surface area contributed by atoms with E-state index in [1.54, 1.807) is 50.2 Å². The lowest BCUT2D eigenvalue weighted by Crippen LogP contribution is -2.52. The number of aliphatic hydroxyl groups is 1. The molecule has 2 aliphatic heterocycles. The average Bonchev–Trinajstić information content (AvgIpc) is 3.60. The molecule has 0 radical (unpaired) electrons. The normalized spacial score (nSPS) is 21.9. The smallest absolute Gasteiger partial charge is 0.407 e. The molecule has 16 heteroatoms. The Hall–Kier alpha value is -2.75. The number of ether oxygens (including phenoxy) is 5. The van der Waals surface area contributed by atoms with Gasteiger partial charge in [-0.25, -0.2) is 13.2 Å². The lowest BCUT2D eigenvalue weighted by molar-refractivity contribution is -0.108. The summed E-state index contributed by atoms with van der Waals surface area (Å²) in [7, 11) is -5.97. The van der Waals surface area contributed by atoms with E-state index in [2.05, 4.69) is 5.32 Å². The number of sulfonamides is 1. The summed E-state index contributed by atoms with van der Waals surface area (Å²) in [4.78, 5) is 13.4. The molecule has 5 unspecified atom stereocenters. The number of alkyl carbamates (subject to hydrolysis) is 1. The predicted molar refractivity (Wildman–Crippen MR) is 185 cm³/mol. The van der Waals surface area contributed by atoms with E-state index in [0.29, 0.717) is 30.1 Å². The number of nitrogens with one attached hydrogen (secondary N) is 1. The van der Waals surface area contributed by atoms with Crippen LogP contribution in [0.2, 0.25) is 0 Å². The molecule has 0 saturated carbocycles. The highest BCUT2D eigenvalue weighted by Crippen LogP contribution is 2.48. The predicted octanol–water partition coefficient (Wildman–Crippen LogP) is 4.79. The van der Waals surface area contributed by atoms with E-state index < -0.39 is 53.7 Å². The molecule has 1 amide bonds. The molecule has 5 atom stereocenters. The highest BCUT2D eigenvalue weighted by molar-refractivity contribution is 7.89. The molecule has 14 nitrogen and oxygen atoms in total. The summed E-state index contributed by atoms with van der Waals surface area (Å²) >= 11 is 0. The molecular weight excluding hydrogens is 691 g/mol. The maximum atomic E-state index is 13.8. The first-order valence-corrected chi connectivity index (χ1v) is 20.0. The van der Waals surface area contributed by atoms with Crippen LogP contribution in [0, 0.1) is 11.3 Å². The van der Waals surface area contributed by atoms with E-state index in [0.717, 1.165) is 0 Å². The topological polar surface area (TPSA) is 168 Å². The van der Waals surface area contributed by atoms with Crippen LogP contribution >= 0.6 is 7.60 Å². The summed E-state index contributed by atoms with van der Waals surface area (Å²) < 4.78 is 80.3. The summed E-state index contributed by atoms with van der Waals surface area (Å²) in [6, 6.07) is 11.9. The van der Waals surface area contributed by atoms with Crippen LogP contribution in [0.3, 0.4) is 0 Å². The maximum absolute atomic E-state index is 13.8. The Morgan fingerprint density at radius 2 is 1.68 bits per heavy atom. The molecule has 2 heterocycles. The van der Waals surface area contributed by atoms with Crippen LogP contribution in [0.15, 0.2) is 53.4 Å². The van der Waals surface area contributed by atoms with Gasteiger partial charge in [-0.2, -0.15) is 4.31 Å². The third-order valence-corrected chi connectivity index (χ3v) is 12.3. The fraction of sp³-hybridized carbons (Fsp3) is 0.618. The van der Waals surface area contributed by atoms with E-state index >= 15 is 0 Å². The van der Waals surface area contributed by atoms with Crippen LogP contribution in [-0.2, 0) is 44.3 Å². The van der Waals surface area contributed by atoms with Gasteiger partial charge in [-0.3, -0.25) is 4.57 Å². The SMILES string of the molecule is CCOP(=O)(COc1ccc(CC(NC(=O)OC2COC3OCCC23C)C(O)CN(CC(C)C)S(=O)(=O)c2ccc(OC)cc2)cc1)OCC. The van der Waals surface area contributed by atoms with Crippen LogP contribution in [0.5, 0.6) is 11.5 Å². The van der Waals surface area contributed by atoms with Crippen molar-refractivity contribution in [3.05, 3.63) is 54.1 Å². The quantitative estimate of drug-likeness (QED) is 0.189. The number of fused-ring (bicyclic) bond motifs is 1. The van der Waals surface area contributed by atoms with Crippen molar-refractivity contribution in [3.63, 3.8) is 0 Å².